The Labute approximate surface area is 104 Å². The predicted octanol–water partition coefficient (Wildman–Crippen LogP) is 2.74. The van der Waals surface area contributed by atoms with Crippen LogP contribution in [0, 0.1) is 0 Å². The molecule has 0 fully saturated rings. The molecule has 0 unspecified atom stereocenters. The Morgan fingerprint density at radius 1 is 1.29 bits per heavy atom. The Kier molecular flexibility index (Phi) is 3.59. The fourth-order valence-electron chi connectivity index (χ4n) is 1.60. The third-order valence-corrected chi connectivity index (χ3v) is 2.97. The predicted molar refractivity (Wildman–Crippen MR) is 69.2 cm³/mol. The van der Waals surface area contributed by atoms with Crippen molar-refractivity contribution in [3.8, 4) is 11.3 Å². The maximum atomic E-state index is 11.3. The number of rotatable bonds is 3. The van der Waals surface area contributed by atoms with Crippen molar-refractivity contribution < 1.29 is 0 Å². The summed E-state index contributed by atoms with van der Waals surface area (Å²) in [5.74, 6) is 0.192. The summed E-state index contributed by atoms with van der Waals surface area (Å²) in [6, 6.07) is 9.84. The Morgan fingerprint density at radius 3 is 2.59 bits per heavy atom. The molecule has 2 aromatic rings. The average Bonchev–Trinajstić information content (AvgIpc) is 2.39. The molecule has 1 aromatic carbocycles. The van der Waals surface area contributed by atoms with Crippen molar-refractivity contribution in [2.24, 2.45) is 0 Å². The molecular weight excluding hydrogens is 236 g/mol. The van der Waals surface area contributed by atoms with Crippen molar-refractivity contribution in [1.29, 1.82) is 0 Å². The number of aromatic amines is 1. The summed E-state index contributed by atoms with van der Waals surface area (Å²) in [6.45, 7) is 2.11. The lowest BCUT2D eigenvalue weighted by atomic mass is 10.1. The minimum absolute atomic E-state index is 0.192. The van der Waals surface area contributed by atoms with Gasteiger partial charge in [-0.1, -0.05) is 31.2 Å². The molecule has 17 heavy (non-hydrogen) atoms. The smallest absolute Gasteiger partial charge is 0.268 e. The van der Waals surface area contributed by atoms with Gasteiger partial charge in [-0.25, -0.2) is 5.10 Å². The second-order valence-corrected chi connectivity index (χ2v) is 4.06. The molecule has 0 aliphatic rings. The van der Waals surface area contributed by atoms with Crippen LogP contribution in [0.25, 0.3) is 11.3 Å². The molecule has 0 aliphatic carbocycles. The minimum Gasteiger partial charge on any atom is -0.268 e. The number of nitrogens with one attached hydrogen (secondary N) is 1. The van der Waals surface area contributed by atoms with Crippen LogP contribution in [0.1, 0.15) is 18.1 Å². The van der Waals surface area contributed by atoms with Crippen molar-refractivity contribution in [1.82, 2.24) is 10.2 Å². The molecule has 0 saturated carbocycles. The van der Waals surface area contributed by atoms with Crippen LogP contribution in [0.15, 0.2) is 35.1 Å². The first-order chi connectivity index (χ1) is 8.24. The van der Waals surface area contributed by atoms with Gasteiger partial charge in [0.1, 0.15) is 0 Å². The molecule has 1 heterocycles. The summed E-state index contributed by atoms with van der Waals surface area (Å²) >= 11 is 5.69. The minimum atomic E-state index is -0.228. The van der Waals surface area contributed by atoms with Crippen LogP contribution in [0.3, 0.4) is 0 Å². The highest BCUT2D eigenvalue weighted by atomic mass is 35.5. The van der Waals surface area contributed by atoms with Crippen molar-refractivity contribution in [2.45, 2.75) is 19.2 Å². The van der Waals surface area contributed by atoms with Crippen LogP contribution < -0.4 is 5.56 Å². The van der Waals surface area contributed by atoms with Gasteiger partial charge >= 0.3 is 0 Å². The lowest BCUT2D eigenvalue weighted by molar-refractivity contribution is 0.970. The van der Waals surface area contributed by atoms with E-state index >= 15 is 0 Å². The van der Waals surface area contributed by atoms with Crippen molar-refractivity contribution in [3.05, 3.63) is 51.8 Å². The quantitative estimate of drug-likeness (QED) is 0.849. The summed E-state index contributed by atoms with van der Waals surface area (Å²) in [7, 11) is 0. The summed E-state index contributed by atoms with van der Waals surface area (Å²) in [4.78, 5) is 11.3. The highest BCUT2D eigenvalue weighted by Gasteiger charge is 2.04. The van der Waals surface area contributed by atoms with E-state index in [4.69, 9.17) is 11.6 Å². The largest absolute Gasteiger partial charge is 0.268 e. The van der Waals surface area contributed by atoms with E-state index in [1.165, 1.54) is 5.56 Å². The fourth-order valence-corrected chi connectivity index (χ4v) is 1.80. The van der Waals surface area contributed by atoms with Gasteiger partial charge in [0.15, 0.2) is 0 Å². The maximum absolute atomic E-state index is 11.3. The highest BCUT2D eigenvalue weighted by molar-refractivity contribution is 6.17. The number of alkyl halides is 1. The van der Waals surface area contributed by atoms with Crippen molar-refractivity contribution in [2.75, 3.05) is 0 Å². The molecule has 0 radical (unpaired) electrons. The van der Waals surface area contributed by atoms with Crippen LogP contribution in [-0.2, 0) is 12.3 Å². The zero-order valence-corrected chi connectivity index (χ0v) is 10.3. The molecule has 0 bridgehead atoms. The second-order valence-electron chi connectivity index (χ2n) is 3.79. The Hall–Kier alpha value is -1.61. The van der Waals surface area contributed by atoms with E-state index in [9.17, 15) is 4.79 Å². The molecule has 0 spiro atoms. The topological polar surface area (TPSA) is 45.8 Å². The zero-order valence-electron chi connectivity index (χ0n) is 9.53. The van der Waals surface area contributed by atoms with Crippen molar-refractivity contribution in [3.63, 3.8) is 0 Å². The SMILES string of the molecule is CCc1ccc(-c2cc(CCl)c(=O)[nH]n2)cc1. The lowest BCUT2D eigenvalue weighted by Crippen LogP contribution is -2.13. The average molecular weight is 249 g/mol. The van der Waals surface area contributed by atoms with Gasteiger partial charge in [0.05, 0.1) is 11.6 Å². The van der Waals surface area contributed by atoms with E-state index in [2.05, 4.69) is 29.3 Å². The van der Waals surface area contributed by atoms with Crippen LogP contribution in [0.5, 0.6) is 0 Å². The van der Waals surface area contributed by atoms with Crippen molar-refractivity contribution >= 4 is 11.6 Å². The number of benzene rings is 1. The second kappa shape index (κ2) is 5.15. The molecule has 1 N–H and O–H groups in total. The molecule has 0 atom stereocenters. The number of halogens is 1. The number of aromatic nitrogens is 2. The first-order valence-corrected chi connectivity index (χ1v) is 6.02. The molecular formula is C13H13ClN2O. The fraction of sp³-hybridized carbons (Fsp3) is 0.231. The van der Waals surface area contributed by atoms with E-state index in [1.807, 2.05) is 12.1 Å². The highest BCUT2D eigenvalue weighted by Crippen LogP contribution is 2.17. The molecule has 3 nitrogen and oxygen atoms in total. The van der Waals surface area contributed by atoms with Gasteiger partial charge in [-0.15, -0.1) is 11.6 Å². The number of aryl methyl sites for hydroxylation is 1. The first-order valence-electron chi connectivity index (χ1n) is 5.48. The summed E-state index contributed by atoms with van der Waals surface area (Å²) < 4.78 is 0. The maximum Gasteiger partial charge on any atom is 0.268 e. The number of H-pyrrole nitrogens is 1. The van der Waals surface area contributed by atoms with Crippen LogP contribution in [0.4, 0.5) is 0 Å². The number of hydrogen-bond acceptors (Lipinski definition) is 2. The Balaban J connectivity index is 2.42. The van der Waals surface area contributed by atoms with Gasteiger partial charge in [0.25, 0.3) is 5.56 Å². The van der Waals surface area contributed by atoms with E-state index in [1.54, 1.807) is 6.07 Å². The van der Waals surface area contributed by atoms with E-state index in [0.717, 1.165) is 17.7 Å². The first kappa shape index (κ1) is 11.9. The third kappa shape index (κ3) is 2.56. The summed E-state index contributed by atoms with van der Waals surface area (Å²) in [5, 5.41) is 6.47. The van der Waals surface area contributed by atoms with Gasteiger partial charge in [-0.3, -0.25) is 4.79 Å². The van der Waals surface area contributed by atoms with E-state index < -0.39 is 0 Å². The monoisotopic (exact) mass is 248 g/mol. The normalized spacial score (nSPS) is 10.5. The lowest BCUT2D eigenvalue weighted by Gasteiger charge is -2.03. The van der Waals surface area contributed by atoms with Gasteiger partial charge in [0.2, 0.25) is 0 Å². The van der Waals surface area contributed by atoms with E-state index in [0.29, 0.717) is 5.56 Å². The Bertz CT molecular complexity index is 560. The molecule has 0 saturated heterocycles. The summed E-state index contributed by atoms with van der Waals surface area (Å²) in [6.07, 6.45) is 1.01. The van der Waals surface area contributed by atoms with Gasteiger partial charge in [-0.2, -0.15) is 5.10 Å². The van der Waals surface area contributed by atoms with E-state index in [-0.39, 0.29) is 11.4 Å². The molecule has 0 amide bonds. The zero-order chi connectivity index (χ0) is 12.3. The standard InChI is InChI=1S/C13H13ClN2O/c1-2-9-3-5-10(6-4-9)12-7-11(8-14)13(17)16-15-12/h3-7H,2,8H2,1H3,(H,16,17). The van der Waals surface area contributed by atoms with Gasteiger partial charge in [0, 0.05) is 11.1 Å². The van der Waals surface area contributed by atoms with Gasteiger partial charge in [-0.05, 0) is 18.1 Å². The molecule has 4 heteroatoms. The molecule has 2 rings (SSSR count). The number of nitrogens with zero attached hydrogens (tertiary/aromatic N) is 1. The number of hydrogen-bond donors (Lipinski definition) is 1. The molecule has 0 aliphatic heterocycles. The van der Waals surface area contributed by atoms with Crippen LogP contribution >= 0.6 is 11.6 Å². The summed E-state index contributed by atoms with van der Waals surface area (Å²) in [5.41, 5.74) is 3.30. The molecule has 1 aromatic heterocycles. The van der Waals surface area contributed by atoms with Gasteiger partial charge < -0.3 is 0 Å². The van der Waals surface area contributed by atoms with Crippen LogP contribution in [-0.4, -0.2) is 10.2 Å². The third-order valence-electron chi connectivity index (χ3n) is 2.68. The molecule has 88 valence electrons. The Morgan fingerprint density at radius 2 is 2.00 bits per heavy atom. The van der Waals surface area contributed by atoms with Crippen LogP contribution in [0.2, 0.25) is 0 Å².